The summed E-state index contributed by atoms with van der Waals surface area (Å²) in [6, 6.07) is 15.8. The number of aryl methyl sites for hydroxylation is 1. The summed E-state index contributed by atoms with van der Waals surface area (Å²) in [5.41, 5.74) is 2.24. The van der Waals surface area contributed by atoms with Gasteiger partial charge in [0, 0.05) is 10.6 Å². The van der Waals surface area contributed by atoms with Gasteiger partial charge in [-0.25, -0.2) is 14.5 Å². The maximum atomic E-state index is 13.4. The molecule has 9 heteroatoms. The van der Waals surface area contributed by atoms with Gasteiger partial charge in [-0.1, -0.05) is 18.2 Å². The van der Waals surface area contributed by atoms with Crippen LogP contribution in [0.4, 0.5) is 16.2 Å². The smallest absolute Gasteiger partial charge is 0.338 e. The Morgan fingerprint density at radius 3 is 2.49 bits per heavy atom. The molecule has 0 radical (unpaired) electrons. The van der Waals surface area contributed by atoms with Crippen molar-refractivity contribution in [2.24, 2.45) is 0 Å². The lowest BCUT2D eigenvalue weighted by Crippen LogP contribution is -2.37. The van der Waals surface area contributed by atoms with Gasteiger partial charge in [0.15, 0.2) is 0 Å². The van der Waals surface area contributed by atoms with Gasteiger partial charge in [0.1, 0.15) is 6.04 Å². The monoisotopic (exact) mass is 491 g/mol. The van der Waals surface area contributed by atoms with Gasteiger partial charge in [0.05, 0.1) is 30.8 Å². The second-order valence-electron chi connectivity index (χ2n) is 8.07. The molecule has 2 aromatic carbocycles. The molecule has 0 spiro atoms. The predicted octanol–water partition coefficient (Wildman–Crippen LogP) is 4.60. The number of carbonyl (C=O) groups is 4. The van der Waals surface area contributed by atoms with Gasteiger partial charge >= 0.3 is 12.0 Å². The third kappa shape index (κ3) is 5.41. The molecule has 35 heavy (non-hydrogen) atoms. The zero-order valence-electron chi connectivity index (χ0n) is 19.4. The fraction of sp³-hybridized carbons (Fsp3) is 0.231. The fourth-order valence-corrected chi connectivity index (χ4v) is 4.58. The van der Waals surface area contributed by atoms with Crippen molar-refractivity contribution in [3.8, 4) is 0 Å². The highest BCUT2D eigenvalue weighted by Crippen LogP contribution is 2.30. The molecule has 2 heterocycles. The summed E-state index contributed by atoms with van der Waals surface area (Å²) in [6.07, 6.45) is -0.197. The van der Waals surface area contributed by atoms with Crippen LogP contribution in [0.2, 0.25) is 0 Å². The van der Waals surface area contributed by atoms with Gasteiger partial charge in [0.2, 0.25) is 5.91 Å². The molecule has 1 saturated heterocycles. The number of imide groups is 1. The fourth-order valence-electron chi connectivity index (χ4n) is 3.88. The number of amides is 4. The Balaban J connectivity index is 1.52. The molecule has 1 aliphatic rings. The van der Waals surface area contributed by atoms with E-state index in [1.807, 2.05) is 30.5 Å². The maximum absolute atomic E-state index is 13.4. The quantitative estimate of drug-likeness (QED) is 0.367. The van der Waals surface area contributed by atoms with Crippen molar-refractivity contribution < 1.29 is 23.9 Å². The van der Waals surface area contributed by atoms with Gasteiger partial charge in [-0.05, 0) is 67.3 Å². The lowest BCUT2D eigenvalue weighted by molar-refractivity contribution is -0.124. The molecule has 4 amide bonds. The van der Waals surface area contributed by atoms with E-state index in [9.17, 15) is 19.2 Å². The highest BCUT2D eigenvalue weighted by atomic mass is 32.1. The topological polar surface area (TPSA) is 96.0 Å². The van der Waals surface area contributed by atoms with E-state index >= 15 is 0 Å². The van der Waals surface area contributed by atoms with Gasteiger partial charge in [-0.15, -0.1) is 11.3 Å². The first-order chi connectivity index (χ1) is 16.9. The minimum Gasteiger partial charge on any atom is -0.462 e. The van der Waals surface area contributed by atoms with Crippen LogP contribution in [0.1, 0.15) is 34.1 Å². The highest BCUT2D eigenvalue weighted by molar-refractivity contribution is 7.09. The van der Waals surface area contributed by atoms with Crippen LogP contribution in [0.3, 0.4) is 0 Å². The Hall–Kier alpha value is -3.98. The largest absolute Gasteiger partial charge is 0.462 e. The number of esters is 1. The SMILES string of the molecule is CCOC(=O)c1ccc(NC(=O)C[C@@H]2C(=O)N(c3cccc(C)c3)C(=O)N2Cc2cccs2)cc1. The summed E-state index contributed by atoms with van der Waals surface area (Å²) in [5, 5.41) is 4.65. The molecule has 1 atom stereocenters. The zero-order valence-corrected chi connectivity index (χ0v) is 20.2. The third-order valence-corrected chi connectivity index (χ3v) is 6.40. The van der Waals surface area contributed by atoms with E-state index in [0.717, 1.165) is 15.3 Å². The summed E-state index contributed by atoms with van der Waals surface area (Å²) in [7, 11) is 0. The van der Waals surface area contributed by atoms with Crippen LogP contribution < -0.4 is 10.2 Å². The number of nitrogens with one attached hydrogen (secondary N) is 1. The molecule has 1 aromatic heterocycles. The summed E-state index contributed by atoms with van der Waals surface area (Å²) < 4.78 is 4.96. The van der Waals surface area contributed by atoms with Crippen molar-refractivity contribution >= 4 is 46.5 Å². The minimum absolute atomic E-state index is 0.197. The van der Waals surface area contributed by atoms with E-state index in [4.69, 9.17) is 4.74 Å². The summed E-state index contributed by atoms with van der Waals surface area (Å²) in [5.74, 6) is -1.30. The van der Waals surface area contributed by atoms with E-state index in [1.165, 1.54) is 16.2 Å². The Morgan fingerprint density at radius 1 is 1.06 bits per heavy atom. The summed E-state index contributed by atoms with van der Waals surface area (Å²) in [6.45, 7) is 4.11. The molecule has 8 nitrogen and oxygen atoms in total. The average Bonchev–Trinajstić information content (AvgIpc) is 3.42. The standard InChI is InChI=1S/C26H25N3O5S/c1-3-34-25(32)18-9-11-19(12-10-18)27-23(30)15-22-24(31)29(20-7-4-6-17(2)14-20)26(33)28(22)16-21-8-5-13-35-21/h4-14,22H,3,15-16H2,1-2H3,(H,27,30)/t22-/m1/s1. The van der Waals surface area contributed by atoms with Crippen LogP contribution >= 0.6 is 11.3 Å². The van der Waals surface area contributed by atoms with Gasteiger partial charge in [0.25, 0.3) is 5.91 Å². The van der Waals surface area contributed by atoms with Crippen LogP contribution in [0.5, 0.6) is 0 Å². The molecule has 1 aliphatic heterocycles. The Labute approximate surface area is 207 Å². The first-order valence-corrected chi connectivity index (χ1v) is 12.1. The number of ether oxygens (including phenoxy) is 1. The van der Waals surface area contributed by atoms with Crippen molar-refractivity contribution in [2.45, 2.75) is 32.9 Å². The van der Waals surface area contributed by atoms with Crippen molar-refractivity contribution in [1.82, 2.24) is 4.90 Å². The summed E-state index contributed by atoms with van der Waals surface area (Å²) in [4.78, 5) is 54.9. The van der Waals surface area contributed by atoms with Crippen molar-refractivity contribution in [3.05, 3.63) is 82.0 Å². The number of carbonyl (C=O) groups excluding carboxylic acids is 4. The number of rotatable bonds is 8. The van der Waals surface area contributed by atoms with E-state index in [0.29, 0.717) is 16.9 Å². The van der Waals surface area contributed by atoms with E-state index in [1.54, 1.807) is 49.4 Å². The Bertz CT molecular complexity index is 1240. The highest BCUT2D eigenvalue weighted by Gasteiger charge is 2.46. The maximum Gasteiger partial charge on any atom is 0.338 e. The van der Waals surface area contributed by atoms with Crippen LogP contribution in [-0.2, 0) is 20.9 Å². The normalized spacial score (nSPS) is 15.4. The first-order valence-electron chi connectivity index (χ1n) is 11.2. The van der Waals surface area contributed by atoms with Crippen LogP contribution in [0.15, 0.2) is 66.0 Å². The van der Waals surface area contributed by atoms with Gasteiger partial charge in [-0.3, -0.25) is 9.59 Å². The van der Waals surface area contributed by atoms with Crippen LogP contribution in [-0.4, -0.2) is 41.4 Å². The molecule has 4 rings (SSSR count). The Morgan fingerprint density at radius 2 is 1.83 bits per heavy atom. The second kappa shape index (κ2) is 10.5. The van der Waals surface area contributed by atoms with Gasteiger partial charge in [-0.2, -0.15) is 0 Å². The molecule has 1 fully saturated rings. The van der Waals surface area contributed by atoms with Crippen molar-refractivity contribution in [2.75, 3.05) is 16.8 Å². The lowest BCUT2D eigenvalue weighted by atomic mass is 10.1. The number of urea groups is 1. The molecule has 180 valence electrons. The van der Waals surface area contributed by atoms with E-state index < -0.39 is 29.9 Å². The third-order valence-electron chi connectivity index (χ3n) is 5.54. The van der Waals surface area contributed by atoms with E-state index in [-0.39, 0.29) is 19.6 Å². The number of thiophene rings is 1. The molecule has 0 unspecified atom stereocenters. The number of hydrogen-bond donors (Lipinski definition) is 1. The molecule has 0 bridgehead atoms. The first kappa shape index (κ1) is 24.2. The second-order valence-corrected chi connectivity index (χ2v) is 9.10. The van der Waals surface area contributed by atoms with E-state index in [2.05, 4.69) is 5.32 Å². The number of nitrogens with zero attached hydrogens (tertiary/aromatic N) is 2. The van der Waals surface area contributed by atoms with Crippen molar-refractivity contribution in [3.63, 3.8) is 0 Å². The molecule has 1 N–H and O–H groups in total. The number of benzene rings is 2. The lowest BCUT2D eigenvalue weighted by Gasteiger charge is -2.21. The predicted molar refractivity (Wildman–Crippen MR) is 133 cm³/mol. The van der Waals surface area contributed by atoms with Crippen molar-refractivity contribution in [1.29, 1.82) is 0 Å². The van der Waals surface area contributed by atoms with Crippen LogP contribution in [0.25, 0.3) is 0 Å². The van der Waals surface area contributed by atoms with Gasteiger partial charge < -0.3 is 15.0 Å². The molecule has 0 saturated carbocycles. The average molecular weight is 492 g/mol. The molecule has 3 aromatic rings. The zero-order chi connectivity index (χ0) is 24.9. The minimum atomic E-state index is -0.941. The number of anilines is 2. The molecular formula is C26H25N3O5S. The van der Waals surface area contributed by atoms with Crippen LogP contribution in [0, 0.1) is 6.92 Å². The Kier molecular flexibility index (Phi) is 7.26. The number of hydrogen-bond acceptors (Lipinski definition) is 6. The molecule has 0 aliphatic carbocycles. The molecular weight excluding hydrogens is 466 g/mol. The summed E-state index contributed by atoms with van der Waals surface area (Å²) >= 11 is 1.48.